The molecule has 0 spiro atoms. The zero-order valence-corrected chi connectivity index (χ0v) is 13.4. The smallest absolute Gasteiger partial charge is 0.385 e. The van der Waals surface area contributed by atoms with Gasteiger partial charge in [-0.25, -0.2) is 0 Å². The largest absolute Gasteiger partial charge is 0.416 e. The number of methoxy groups -OCH3 is 1. The fourth-order valence-corrected chi connectivity index (χ4v) is 1.96. The highest BCUT2D eigenvalue weighted by Gasteiger charge is 2.31. The zero-order valence-electron chi connectivity index (χ0n) is 12.7. The molecular weight excluding hydrogens is 347 g/mol. The molecule has 0 fully saturated rings. The number of rotatable bonds is 7. The topological polar surface area (TPSA) is 72.0 Å². The van der Waals surface area contributed by atoms with Crippen molar-refractivity contribution in [2.75, 3.05) is 30.9 Å². The third kappa shape index (κ3) is 5.20. The van der Waals surface area contributed by atoms with E-state index in [0.29, 0.717) is 19.0 Å². The number of hydrogen-bond donors (Lipinski definition) is 2. The summed E-state index contributed by atoms with van der Waals surface area (Å²) in [6.07, 6.45) is -2.29. The van der Waals surface area contributed by atoms with Gasteiger partial charge in [-0.1, -0.05) is 11.6 Å². The number of alkyl halides is 3. The SMILES string of the molecule is COCCCNc1cnnc(Nc2cc(C(F)(F)F)ccc2Cl)n1. The number of hydrogen-bond acceptors (Lipinski definition) is 6. The van der Waals surface area contributed by atoms with E-state index in [9.17, 15) is 13.2 Å². The van der Waals surface area contributed by atoms with Gasteiger partial charge < -0.3 is 15.4 Å². The second-order valence-corrected chi connectivity index (χ2v) is 5.16. The Morgan fingerprint density at radius 1 is 1.29 bits per heavy atom. The summed E-state index contributed by atoms with van der Waals surface area (Å²) >= 11 is 5.92. The first-order chi connectivity index (χ1) is 11.4. The van der Waals surface area contributed by atoms with Gasteiger partial charge in [-0.3, -0.25) is 0 Å². The van der Waals surface area contributed by atoms with Crippen molar-refractivity contribution >= 4 is 29.1 Å². The van der Waals surface area contributed by atoms with E-state index in [-0.39, 0.29) is 16.7 Å². The molecule has 2 N–H and O–H groups in total. The van der Waals surface area contributed by atoms with Gasteiger partial charge in [0.15, 0.2) is 5.82 Å². The van der Waals surface area contributed by atoms with E-state index in [1.807, 2.05) is 0 Å². The van der Waals surface area contributed by atoms with E-state index in [1.165, 1.54) is 6.20 Å². The lowest BCUT2D eigenvalue weighted by molar-refractivity contribution is -0.137. The van der Waals surface area contributed by atoms with Crippen molar-refractivity contribution in [2.24, 2.45) is 0 Å². The first-order valence-electron chi connectivity index (χ1n) is 6.96. The molecule has 0 aliphatic heterocycles. The third-order valence-corrected chi connectivity index (χ3v) is 3.26. The summed E-state index contributed by atoms with van der Waals surface area (Å²) in [5.74, 6) is 0.472. The van der Waals surface area contributed by atoms with Crippen molar-refractivity contribution in [2.45, 2.75) is 12.6 Å². The van der Waals surface area contributed by atoms with Gasteiger partial charge in [0.05, 0.1) is 22.5 Å². The number of aromatic nitrogens is 3. The summed E-state index contributed by atoms with van der Waals surface area (Å²) in [4.78, 5) is 4.12. The lowest BCUT2D eigenvalue weighted by Crippen LogP contribution is -2.09. The van der Waals surface area contributed by atoms with Crippen LogP contribution in [0, 0.1) is 0 Å². The van der Waals surface area contributed by atoms with Gasteiger partial charge in [0.25, 0.3) is 0 Å². The van der Waals surface area contributed by atoms with E-state index in [0.717, 1.165) is 24.6 Å². The number of nitrogens with zero attached hydrogens (tertiary/aromatic N) is 3. The minimum Gasteiger partial charge on any atom is -0.385 e. The molecule has 0 saturated heterocycles. The van der Waals surface area contributed by atoms with Crippen LogP contribution >= 0.6 is 11.6 Å². The van der Waals surface area contributed by atoms with Crippen molar-refractivity contribution < 1.29 is 17.9 Å². The Kier molecular flexibility index (Phi) is 6.16. The van der Waals surface area contributed by atoms with Crippen LogP contribution < -0.4 is 10.6 Å². The maximum Gasteiger partial charge on any atom is 0.416 e. The highest BCUT2D eigenvalue weighted by molar-refractivity contribution is 6.33. The molecular formula is C14H15ClF3N5O. The number of halogens is 4. The quantitative estimate of drug-likeness (QED) is 0.732. The van der Waals surface area contributed by atoms with Crippen molar-refractivity contribution in [3.63, 3.8) is 0 Å². The first kappa shape index (κ1) is 18.2. The normalized spacial score (nSPS) is 11.4. The van der Waals surface area contributed by atoms with Crippen LogP contribution in [0.5, 0.6) is 0 Å². The fraction of sp³-hybridized carbons (Fsp3) is 0.357. The molecule has 6 nitrogen and oxygen atoms in total. The lowest BCUT2D eigenvalue weighted by Gasteiger charge is -2.12. The van der Waals surface area contributed by atoms with Crippen molar-refractivity contribution in [1.82, 2.24) is 15.2 Å². The van der Waals surface area contributed by atoms with Crippen LogP contribution in [0.4, 0.5) is 30.6 Å². The molecule has 24 heavy (non-hydrogen) atoms. The highest BCUT2D eigenvalue weighted by Crippen LogP contribution is 2.34. The average Bonchev–Trinajstić information content (AvgIpc) is 2.53. The third-order valence-electron chi connectivity index (χ3n) is 2.93. The second kappa shape index (κ2) is 8.11. The standard InChI is InChI=1S/C14H15ClF3N5O/c1-24-6-2-5-19-12-8-20-23-13(22-12)21-11-7-9(14(16,17)18)3-4-10(11)15/h3-4,7-8H,2,5-6H2,1H3,(H2,19,21,22,23). The molecule has 1 heterocycles. The molecule has 1 aromatic carbocycles. The molecule has 0 unspecified atom stereocenters. The summed E-state index contributed by atoms with van der Waals surface area (Å²) < 4.78 is 43.2. The second-order valence-electron chi connectivity index (χ2n) is 4.76. The summed E-state index contributed by atoms with van der Waals surface area (Å²) in [7, 11) is 1.60. The Balaban J connectivity index is 2.11. The van der Waals surface area contributed by atoms with Crippen molar-refractivity contribution in [1.29, 1.82) is 0 Å². The van der Waals surface area contributed by atoms with E-state index < -0.39 is 11.7 Å². The van der Waals surface area contributed by atoms with Crippen LogP contribution in [-0.2, 0) is 10.9 Å². The van der Waals surface area contributed by atoms with E-state index >= 15 is 0 Å². The van der Waals surface area contributed by atoms with E-state index in [2.05, 4.69) is 25.8 Å². The molecule has 2 aromatic rings. The van der Waals surface area contributed by atoms with Crippen molar-refractivity contribution in [3.05, 3.63) is 35.0 Å². The van der Waals surface area contributed by atoms with Gasteiger partial charge >= 0.3 is 6.18 Å². The zero-order chi connectivity index (χ0) is 17.6. The Labute approximate surface area is 141 Å². The molecule has 0 aliphatic rings. The summed E-state index contributed by atoms with van der Waals surface area (Å²) in [5.41, 5.74) is -0.777. The predicted octanol–water partition coefficient (Wildman–Crippen LogP) is 3.74. The maximum absolute atomic E-state index is 12.8. The molecule has 0 amide bonds. The van der Waals surface area contributed by atoms with Crippen LogP contribution in [0.15, 0.2) is 24.4 Å². The summed E-state index contributed by atoms with van der Waals surface area (Å²) in [6, 6.07) is 2.96. The molecule has 0 radical (unpaired) electrons. The van der Waals surface area contributed by atoms with Gasteiger partial charge in [0.1, 0.15) is 0 Å². The van der Waals surface area contributed by atoms with Crippen LogP contribution in [0.25, 0.3) is 0 Å². The summed E-state index contributed by atoms with van der Waals surface area (Å²) in [5, 5.41) is 13.3. The Morgan fingerprint density at radius 3 is 2.79 bits per heavy atom. The first-order valence-corrected chi connectivity index (χ1v) is 7.34. The molecule has 130 valence electrons. The minimum absolute atomic E-state index is 0.0352. The van der Waals surface area contributed by atoms with Crippen LogP contribution in [0.2, 0.25) is 5.02 Å². The molecule has 10 heteroatoms. The molecule has 0 aliphatic carbocycles. The highest BCUT2D eigenvalue weighted by atomic mass is 35.5. The van der Waals surface area contributed by atoms with Gasteiger partial charge in [-0.15, -0.1) is 5.10 Å². The average molecular weight is 362 g/mol. The molecule has 0 atom stereocenters. The number of nitrogens with one attached hydrogen (secondary N) is 2. The number of anilines is 3. The van der Waals surface area contributed by atoms with Gasteiger partial charge in [-0.2, -0.15) is 23.3 Å². The van der Waals surface area contributed by atoms with E-state index in [1.54, 1.807) is 7.11 Å². The molecule has 2 rings (SSSR count). The maximum atomic E-state index is 12.8. The predicted molar refractivity (Wildman–Crippen MR) is 84.5 cm³/mol. The van der Waals surface area contributed by atoms with Crippen LogP contribution in [-0.4, -0.2) is 35.4 Å². The number of ether oxygens (including phenoxy) is 1. The molecule has 1 aromatic heterocycles. The summed E-state index contributed by atoms with van der Waals surface area (Å²) in [6.45, 7) is 1.20. The van der Waals surface area contributed by atoms with Gasteiger partial charge in [0, 0.05) is 20.3 Å². The lowest BCUT2D eigenvalue weighted by atomic mass is 10.2. The van der Waals surface area contributed by atoms with Crippen LogP contribution in [0.3, 0.4) is 0 Å². The molecule has 0 bridgehead atoms. The van der Waals surface area contributed by atoms with Crippen LogP contribution in [0.1, 0.15) is 12.0 Å². The Hall–Kier alpha value is -2.13. The van der Waals surface area contributed by atoms with Gasteiger partial charge in [-0.05, 0) is 24.6 Å². The Morgan fingerprint density at radius 2 is 2.08 bits per heavy atom. The number of benzene rings is 1. The van der Waals surface area contributed by atoms with Gasteiger partial charge in [0.2, 0.25) is 5.95 Å². The fourth-order valence-electron chi connectivity index (χ4n) is 1.79. The monoisotopic (exact) mass is 361 g/mol. The molecule has 0 saturated carbocycles. The van der Waals surface area contributed by atoms with Crippen molar-refractivity contribution in [3.8, 4) is 0 Å². The Bertz CT molecular complexity index is 684. The van der Waals surface area contributed by atoms with E-state index in [4.69, 9.17) is 16.3 Å². The minimum atomic E-state index is -4.47.